The van der Waals surface area contributed by atoms with Crippen LogP contribution in [0.2, 0.25) is 0 Å². The Morgan fingerprint density at radius 2 is 1.36 bits per heavy atom. The number of ether oxygens (including phenoxy) is 2. The fourth-order valence-electron chi connectivity index (χ4n) is 8.42. The van der Waals surface area contributed by atoms with Crippen molar-refractivity contribution in [3.05, 3.63) is 119 Å². The normalized spacial score (nSPS) is 16.2. The second-order valence-corrected chi connectivity index (χ2v) is 17.7. The van der Waals surface area contributed by atoms with Gasteiger partial charge in [-0.3, -0.25) is 9.59 Å². The Kier molecular flexibility index (Phi) is 17.3. The number of carbonyl (C=O) groups excluding carboxylic acids is 4. The van der Waals surface area contributed by atoms with Crippen LogP contribution in [0.25, 0.3) is 22.4 Å². The molecule has 352 valence electrons. The van der Waals surface area contributed by atoms with Crippen molar-refractivity contribution in [3.63, 3.8) is 0 Å². The molecule has 0 spiro atoms. The Balaban J connectivity index is 0.00000420. The lowest BCUT2D eigenvalue weighted by molar-refractivity contribution is -0.135. The molecular formula is C51H58Cl2N8O6. The van der Waals surface area contributed by atoms with Crippen LogP contribution in [0.15, 0.2) is 85.2 Å². The zero-order valence-corrected chi connectivity index (χ0v) is 40.4. The van der Waals surface area contributed by atoms with E-state index in [0.29, 0.717) is 42.4 Å². The number of halogens is 2. The molecule has 2 fully saturated rings. The number of methoxy groups -OCH3 is 2. The number of nitrogens with one attached hydrogen (secondary N) is 4. The van der Waals surface area contributed by atoms with E-state index in [-0.39, 0.29) is 60.0 Å². The molecule has 4 heterocycles. The third-order valence-electron chi connectivity index (χ3n) is 11.9. The highest BCUT2D eigenvalue weighted by Gasteiger charge is 2.39. The van der Waals surface area contributed by atoms with E-state index in [1.54, 1.807) is 34.3 Å². The second kappa shape index (κ2) is 22.6. The molecule has 0 aliphatic carbocycles. The summed E-state index contributed by atoms with van der Waals surface area (Å²) in [5.41, 5.74) is 6.75. The lowest BCUT2D eigenvalue weighted by Crippen LogP contribution is -2.51. The minimum Gasteiger partial charge on any atom is -0.453 e. The lowest BCUT2D eigenvalue weighted by Gasteiger charge is -2.30. The number of carbonyl (C=O) groups is 4. The zero-order valence-electron chi connectivity index (χ0n) is 38.8. The average molecular weight is 950 g/mol. The van der Waals surface area contributed by atoms with E-state index in [1.807, 2.05) is 44.2 Å². The van der Waals surface area contributed by atoms with Crippen LogP contribution in [0.5, 0.6) is 0 Å². The summed E-state index contributed by atoms with van der Waals surface area (Å²) in [6.07, 6.45) is 5.15. The Morgan fingerprint density at radius 3 is 2.01 bits per heavy atom. The summed E-state index contributed by atoms with van der Waals surface area (Å²) in [6, 6.07) is 21.4. The summed E-state index contributed by atoms with van der Waals surface area (Å²) in [6.45, 7) is 11.4. The molecular weight excluding hydrogens is 892 g/mol. The topological polar surface area (TPSA) is 175 Å². The Labute approximate surface area is 404 Å². The van der Waals surface area contributed by atoms with E-state index in [9.17, 15) is 19.2 Å². The smallest absolute Gasteiger partial charge is 0.407 e. The SMILES string of the molecule is COC(=O)NC(C(=O)N1CCCC1c1ncc(C#CC#Cc2ccc(-c3cnc(C4CCCN4C(=O)[C@@H](NC(=O)OC)C(C)C)[nH]3)cc2-c2cccc(C(C)(C)C)c2)[nH]1)c1ccccc1.Cl.Cl. The van der Waals surface area contributed by atoms with Crippen LogP contribution in [0.3, 0.4) is 0 Å². The number of nitrogens with zero attached hydrogens (tertiary/aromatic N) is 4. The van der Waals surface area contributed by atoms with Crippen LogP contribution in [0, 0.1) is 29.6 Å². The van der Waals surface area contributed by atoms with E-state index in [1.165, 1.54) is 19.8 Å². The van der Waals surface area contributed by atoms with Crippen LogP contribution in [0.1, 0.15) is 112 Å². The maximum atomic E-state index is 13.9. The van der Waals surface area contributed by atoms with Gasteiger partial charge in [-0.15, -0.1) is 24.8 Å². The molecule has 4 amide bonds. The van der Waals surface area contributed by atoms with Crippen LogP contribution >= 0.6 is 24.8 Å². The van der Waals surface area contributed by atoms with E-state index in [4.69, 9.17) is 14.5 Å². The fraction of sp³-hybridized carbons (Fsp3) is 0.373. The number of rotatable bonds is 10. The number of amides is 4. The molecule has 2 saturated heterocycles. The number of likely N-dealkylation sites (tertiary alicyclic amines) is 2. The zero-order chi connectivity index (χ0) is 46.3. The number of benzene rings is 3. The van der Waals surface area contributed by atoms with Gasteiger partial charge in [0.25, 0.3) is 5.91 Å². The first kappa shape index (κ1) is 51.2. The molecule has 0 radical (unpaired) electrons. The predicted octanol–water partition coefficient (Wildman–Crippen LogP) is 8.82. The summed E-state index contributed by atoms with van der Waals surface area (Å²) in [4.78, 5) is 71.8. The molecule has 14 nitrogen and oxygen atoms in total. The molecule has 2 aliphatic rings. The first-order chi connectivity index (χ1) is 31.2. The first-order valence-electron chi connectivity index (χ1n) is 22.0. The molecule has 4 atom stereocenters. The van der Waals surface area contributed by atoms with Crippen molar-refractivity contribution in [3.8, 4) is 46.1 Å². The molecule has 0 saturated carbocycles. The monoisotopic (exact) mass is 948 g/mol. The van der Waals surface area contributed by atoms with Crippen molar-refractivity contribution in [2.45, 2.75) is 89.9 Å². The Hall–Kier alpha value is -6.74. The maximum Gasteiger partial charge on any atom is 0.407 e. The van der Waals surface area contributed by atoms with Gasteiger partial charge in [-0.25, -0.2) is 19.6 Å². The van der Waals surface area contributed by atoms with Gasteiger partial charge in [0.05, 0.1) is 44.4 Å². The highest BCUT2D eigenvalue weighted by atomic mass is 35.5. The Bertz CT molecular complexity index is 2670. The van der Waals surface area contributed by atoms with Crippen LogP contribution in [-0.2, 0) is 24.5 Å². The molecule has 16 heteroatoms. The highest BCUT2D eigenvalue weighted by Crippen LogP contribution is 2.36. The number of hydrogen-bond acceptors (Lipinski definition) is 8. The van der Waals surface area contributed by atoms with Crippen LogP contribution in [0.4, 0.5) is 9.59 Å². The summed E-state index contributed by atoms with van der Waals surface area (Å²) in [5, 5.41) is 5.41. The molecule has 2 aromatic heterocycles. The van der Waals surface area contributed by atoms with Gasteiger partial charge in [0.2, 0.25) is 5.91 Å². The van der Waals surface area contributed by atoms with Gasteiger partial charge < -0.3 is 39.9 Å². The van der Waals surface area contributed by atoms with Crippen molar-refractivity contribution < 1.29 is 28.7 Å². The number of aromatic nitrogens is 4. The molecule has 3 unspecified atom stereocenters. The van der Waals surface area contributed by atoms with Crippen LogP contribution in [-0.4, -0.2) is 87.1 Å². The van der Waals surface area contributed by atoms with Gasteiger partial charge >= 0.3 is 12.2 Å². The van der Waals surface area contributed by atoms with E-state index >= 15 is 0 Å². The second-order valence-electron chi connectivity index (χ2n) is 17.7. The summed E-state index contributed by atoms with van der Waals surface area (Å²) < 4.78 is 9.63. The predicted molar refractivity (Wildman–Crippen MR) is 261 cm³/mol. The highest BCUT2D eigenvalue weighted by molar-refractivity contribution is 5.88. The standard InChI is InChI=1S/C51H56N8O6.2ClH/c1-32(2)43(56-49(62)64-6)47(60)58-26-15-23-42(58)46-53-31-40(55-46)36-25-24-33(39(29-36)35-19-13-20-37(28-35)51(3,4)5)16-11-12-21-38-30-52-45(54-38)41-22-14-27-59(41)48(61)44(57-50(63)65-7)34-17-9-8-10-18-34;;/h8-10,13,17-20,24-25,28-32,41-44H,14-15,22-23,26-27H2,1-7H3,(H,52,54)(H,53,55)(H,56,62)(H,57,63);2*1H/t41?,42?,43-,44?;;/m0../s1. The molecule has 67 heavy (non-hydrogen) atoms. The van der Waals surface area contributed by atoms with Crippen LogP contribution < -0.4 is 10.6 Å². The minimum absolute atomic E-state index is 0. The van der Waals surface area contributed by atoms with Gasteiger partial charge in [-0.1, -0.05) is 101 Å². The number of aromatic amines is 2. The number of hydrogen-bond donors (Lipinski definition) is 4. The van der Waals surface area contributed by atoms with Gasteiger partial charge in [0.15, 0.2) is 0 Å². The van der Waals surface area contributed by atoms with Crippen molar-refractivity contribution in [2.75, 3.05) is 27.3 Å². The number of alkyl carbamates (subject to hydrolysis) is 2. The van der Waals surface area contributed by atoms with E-state index in [0.717, 1.165) is 47.2 Å². The summed E-state index contributed by atoms with van der Waals surface area (Å²) in [5.74, 6) is 13.2. The van der Waals surface area contributed by atoms with Crippen molar-refractivity contribution in [2.24, 2.45) is 5.92 Å². The lowest BCUT2D eigenvalue weighted by atomic mass is 9.85. The molecule has 7 rings (SSSR count). The third kappa shape index (κ3) is 12.0. The Morgan fingerprint density at radius 1 is 0.731 bits per heavy atom. The largest absolute Gasteiger partial charge is 0.453 e. The molecule has 5 aromatic rings. The van der Waals surface area contributed by atoms with Gasteiger partial charge in [0, 0.05) is 24.2 Å². The summed E-state index contributed by atoms with van der Waals surface area (Å²) in [7, 11) is 2.55. The molecule has 0 bridgehead atoms. The van der Waals surface area contributed by atoms with Gasteiger partial charge in [-0.05, 0) is 89.2 Å². The third-order valence-corrected chi connectivity index (χ3v) is 11.9. The fourth-order valence-corrected chi connectivity index (χ4v) is 8.42. The van der Waals surface area contributed by atoms with Gasteiger partial charge in [-0.2, -0.15) is 0 Å². The van der Waals surface area contributed by atoms with Gasteiger partial charge in [0.1, 0.15) is 29.4 Å². The van der Waals surface area contributed by atoms with Crippen molar-refractivity contribution in [1.82, 2.24) is 40.4 Å². The number of H-pyrrole nitrogens is 2. The molecule has 2 aliphatic heterocycles. The van der Waals surface area contributed by atoms with Crippen molar-refractivity contribution in [1.29, 1.82) is 0 Å². The quantitative estimate of drug-likeness (QED) is 0.101. The maximum absolute atomic E-state index is 13.9. The van der Waals surface area contributed by atoms with E-state index < -0.39 is 24.3 Å². The number of imidazole rings is 2. The minimum atomic E-state index is -0.914. The van der Waals surface area contributed by atoms with E-state index in [2.05, 4.69) is 100 Å². The summed E-state index contributed by atoms with van der Waals surface area (Å²) >= 11 is 0. The molecule has 3 aromatic carbocycles. The average Bonchev–Trinajstić information content (AvgIpc) is 4.16. The molecule has 4 N–H and O–H groups in total. The van der Waals surface area contributed by atoms with Crippen molar-refractivity contribution >= 4 is 48.8 Å². The first-order valence-corrected chi connectivity index (χ1v) is 22.0.